The van der Waals surface area contributed by atoms with Gasteiger partial charge >= 0.3 is 0 Å². The zero-order chi connectivity index (χ0) is 18.2. The predicted molar refractivity (Wildman–Crippen MR) is 105 cm³/mol. The van der Waals surface area contributed by atoms with Gasteiger partial charge in [0.2, 0.25) is 0 Å². The summed E-state index contributed by atoms with van der Waals surface area (Å²) >= 11 is 0. The SMILES string of the molecule is Cc1cccc(CNC(=O)c2ccc(NCCc3ccccc3)nc2)c1. The van der Waals surface area contributed by atoms with Crippen LogP contribution in [0.25, 0.3) is 0 Å². The number of benzene rings is 2. The molecule has 0 spiro atoms. The Morgan fingerprint density at radius 2 is 1.77 bits per heavy atom. The smallest absolute Gasteiger partial charge is 0.253 e. The van der Waals surface area contributed by atoms with Crippen LogP contribution in [0, 0.1) is 6.92 Å². The van der Waals surface area contributed by atoms with E-state index in [4.69, 9.17) is 0 Å². The Labute approximate surface area is 154 Å². The van der Waals surface area contributed by atoms with Crippen LogP contribution < -0.4 is 10.6 Å². The number of nitrogens with zero attached hydrogens (tertiary/aromatic N) is 1. The van der Waals surface area contributed by atoms with Gasteiger partial charge in [-0.15, -0.1) is 0 Å². The molecule has 0 saturated carbocycles. The Bertz CT molecular complexity index is 845. The van der Waals surface area contributed by atoms with Crippen molar-refractivity contribution in [2.24, 2.45) is 0 Å². The molecule has 0 unspecified atom stereocenters. The topological polar surface area (TPSA) is 54.0 Å². The molecule has 0 aliphatic carbocycles. The third kappa shape index (κ3) is 5.18. The molecule has 0 bridgehead atoms. The molecule has 0 aliphatic heterocycles. The zero-order valence-corrected chi connectivity index (χ0v) is 14.9. The van der Waals surface area contributed by atoms with Crippen molar-refractivity contribution in [1.29, 1.82) is 0 Å². The molecule has 2 N–H and O–H groups in total. The number of anilines is 1. The van der Waals surface area contributed by atoms with E-state index >= 15 is 0 Å². The van der Waals surface area contributed by atoms with Crippen LogP contribution in [0.2, 0.25) is 0 Å². The fourth-order valence-electron chi connectivity index (χ4n) is 2.72. The summed E-state index contributed by atoms with van der Waals surface area (Å²) in [5.41, 5.74) is 4.12. The number of aryl methyl sites for hydroxylation is 1. The number of carbonyl (C=O) groups excluding carboxylic acids is 1. The molecule has 3 aromatic rings. The van der Waals surface area contributed by atoms with Crippen LogP contribution in [0.4, 0.5) is 5.82 Å². The van der Waals surface area contributed by atoms with Crippen LogP contribution in [-0.2, 0) is 13.0 Å². The molecule has 0 atom stereocenters. The average Bonchev–Trinajstić information content (AvgIpc) is 2.68. The summed E-state index contributed by atoms with van der Waals surface area (Å²) in [5.74, 6) is 0.658. The van der Waals surface area contributed by atoms with Crippen LogP contribution >= 0.6 is 0 Å². The lowest BCUT2D eigenvalue weighted by atomic mass is 10.1. The number of hydrogen-bond donors (Lipinski definition) is 2. The number of pyridine rings is 1. The summed E-state index contributed by atoms with van der Waals surface area (Å²) < 4.78 is 0. The van der Waals surface area contributed by atoms with Gasteiger partial charge in [-0.3, -0.25) is 4.79 Å². The monoisotopic (exact) mass is 345 g/mol. The molecule has 132 valence electrons. The highest BCUT2D eigenvalue weighted by Crippen LogP contribution is 2.08. The summed E-state index contributed by atoms with van der Waals surface area (Å²) in [4.78, 5) is 16.6. The molecule has 26 heavy (non-hydrogen) atoms. The van der Waals surface area contributed by atoms with Gasteiger partial charge in [0.15, 0.2) is 0 Å². The number of carbonyl (C=O) groups is 1. The molecular formula is C22H23N3O. The van der Waals surface area contributed by atoms with E-state index in [9.17, 15) is 4.79 Å². The first-order chi connectivity index (χ1) is 12.7. The van der Waals surface area contributed by atoms with Gasteiger partial charge in [-0.2, -0.15) is 0 Å². The summed E-state index contributed by atoms with van der Waals surface area (Å²) in [6.45, 7) is 3.35. The van der Waals surface area contributed by atoms with Crippen molar-refractivity contribution >= 4 is 11.7 Å². The molecule has 1 amide bonds. The molecule has 0 saturated heterocycles. The van der Waals surface area contributed by atoms with Crippen molar-refractivity contribution < 1.29 is 4.79 Å². The van der Waals surface area contributed by atoms with Crippen LogP contribution in [0.3, 0.4) is 0 Å². The Morgan fingerprint density at radius 3 is 2.50 bits per heavy atom. The highest BCUT2D eigenvalue weighted by molar-refractivity contribution is 5.94. The molecule has 0 aliphatic rings. The molecule has 1 aromatic heterocycles. The van der Waals surface area contributed by atoms with E-state index < -0.39 is 0 Å². The van der Waals surface area contributed by atoms with Crippen LogP contribution in [0.15, 0.2) is 72.9 Å². The number of rotatable bonds is 7. The van der Waals surface area contributed by atoms with Crippen molar-refractivity contribution in [2.45, 2.75) is 19.9 Å². The minimum Gasteiger partial charge on any atom is -0.370 e. The molecule has 3 rings (SSSR count). The van der Waals surface area contributed by atoms with Gasteiger partial charge in [0.25, 0.3) is 5.91 Å². The van der Waals surface area contributed by atoms with Gasteiger partial charge in [-0.25, -0.2) is 4.98 Å². The predicted octanol–water partition coefficient (Wildman–Crippen LogP) is 3.97. The largest absolute Gasteiger partial charge is 0.370 e. The fourth-order valence-corrected chi connectivity index (χ4v) is 2.72. The quantitative estimate of drug-likeness (QED) is 0.681. The Balaban J connectivity index is 1.48. The van der Waals surface area contributed by atoms with Gasteiger partial charge in [-0.1, -0.05) is 60.2 Å². The lowest BCUT2D eigenvalue weighted by molar-refractivity contribution is 0.0950. The van der Waals surface area contributed by atoms with Crippen molar-refractivity contribution in [3.63, 3.8) is 0 Å². The lowest BCUT2D eigenvalue weighted by Gasteiger charge is -2.08. The van der Waals surface area contributed by atoms with E-state index in [1.165, 1.54) is 11.1 Å². The first kappa shape index (κ1) is 17.7. The number of nitrogens with one attached hydrogen (secondary N) is 2. The van der Waals surface area contributed by atoms with Gasteiger partial charge < -0.3 is 10.6 Å². The van der Waals surface area contributed by atoms with Crippen molar-refractivity contribution in [1.82, 2.24) is 10.3 Å². The minimum absolute atomic E-state index is 0.116. The van der Waals surface area contributed by atoms with Gasteiger partial charge in [0.1, 0.15) is 5.82 Å². The number of aromatic nitrogens is 1. The van der Waals surface area contributed by atoms with E-state index in [0.29, 0.717) is 12.1 Å². The van der Waals surface area contributed by atoms with Crippen molar-refractivity contribution in [2.75, 3.05) is 11.9 Å². The zero-order valence-electron chi connectivity index (χ0n) is 14.9. The fraction of sp³-hybridized carbons (Fsp3) is 0.182. The summed E-state index contributed by atoms with van der Waals surface area (Å²) in [6, 6.07) is 22.1. The van der Waals surface area contributed by atoms with Crippen LogP contribution in [0.5, 0.6) is 0 Å². The average molecular weight is 345 g/mol. The highest BCUT2D eigenvalue weighted by atomic mass is 16.1. The molecule has 1 heterocycles. The maximum Gasteiger partial charge on any atom is 0.253 e. The third-order valence-electron chi connectivity index (χ3n) is 4.12. The third-order valence-corrected chi connectivity index (χ3v) is 4.12. The first-order valence-corrected chi connectivity index (χ1v) is 8.78. The second-order valence-electron chi connectivity index (χ2n) is 6.27. The van der Waals surface area contributed by atoms with E-state index in [-0.39, 0.29) is 5.91 Å². The minimum atomic E-state index is -0.116. The summed E-state index contributed by atoms with van der Waals surface area (Å²) in [5, 5.41) is 6.21. The van der Waals surface area contributed by atoms with Gasteiger partial charge in [0.05, 0.1) is 5.56 Å². The van der Waals surface area contributed by atoms with Crippen LogP contribution in [-0.4, -0.2) is 17.4 Å². The Hall–Kier alpha value is -3.14. The van der Waals surface area contributed by atoms with Crippen molar-refractivity contribution in [3.8, 4) is 0 Å². The van der Waals surface area contributed by atoms with Crippen LogP contribution in [0.1, 0.15) is 27.0 Å². The molecular weight excluding hydrogens is 322 g/mol. The van der Waals surface area contributed by atoms with Gasteiger partial charge in [0, 0.05) is 19.3 Å². The normalized spacial score (nSPS) is 10.3. The molecule has 4 nitrogen and oxygen atoms in total. The number of hydrogen-bond acceptors (Lipinski definition) is 3. The molecule has 0 radical (unpaired) electrons. The van der Waals surface area contributed by atoms with E-state index in [2.05, 4.69) is 33.8 Å². The maximum atomic E-state index is 12.2. The molecule has 2 aromatic carbocycles. The first-order valence-electron chi connectivity index (χ1n) is 8.78. The number of amides is 1. The van der Waals surface area contributed by atoms with E-state index in [0.717, 1.165) is 24.3 Å². The summed E-state index contributed by atoms with van der Waals surface area (Å²) in [7, 11) is 0. The second kappa shape index (κ2) is 8.81. The van der Waals surface area contributed by atoms with E-state index in [1.807, 2.05) is 49.4 Å². The van der Waals surface area contributed by atoms with Gasteiger partial charge in [-0.05, 0) is 36.6 Å². The Morgan fingerprint density at radius 1 is 0.962 bits per heavy atom. The van der Waals surface area contributed by atoms with E-state index in [1.54, 1.807) is 12.3 Å². The highest BCUT2D eigenvalue weighted by Gasteiger charge is 2.06. The Kier molecular flexibility index (Phi) is 5.99. The summed E-state index contributed by atoms with van der Waals surface area (Å²) in [6.07, 6.45) is 2.54. The van der Waals surface area contributed by atoms with Crippen molar-refractivity contribution in [3.05, 3.63) is 95.2 Å². The molecule has 4 heteroatoms. The maximum absolute atomic E-state index is 12.2. The standard InChI is InChI=1S/C22H23N3O/c1-17-6-5-9-19(14-17)15-25-22(26)20-10-11-21(24-16-20)23-13-12-18-7-3-2-4-8-18/h2-11,14,16H,12-13,15H2,1H3,(H,23,24)(H,25,26). The molecule has 0 fully saturated rings. The second-order valence-corrected chi connectivity index (χ2v) is 6.27. The lowest BCUT2D eigenvalue weighted by Crippen LogP contribution is -2.23.